The van der Waals surface area contributed by atoms with E-state index in [0.717, 1.165) is 5.39 Å². The summed E-state index contributed by atoms with van der Waals surface area (Å²) < 4.78 is 0. The smallest absolute Gasteiger partial charge is 0.220 e. The molecule has 0 aliphatic rings. The van der Waals surface area contributed by atoms with E-state index in [-0.39, 0.29) is 6.42 Å². The molecular formula is C11H13N3O3. The number of fused-ring (bicyclic) bond motifs is 1. The molecule has 1 aromatic heterocycles. The topological polar surface area (TPSA) is 112 Å². The first-order chi connectivity index (χ1) is 8.09. The number of rotatable bonds is 4. The number of carbonyl (C=O) groups is 1. The van der Waals surface area contributed by atoms with Crippen LogP contribution >= 0.6 is 0 Å². The molecule has 5 N–H and O–H groups in total. The van der Waals surface area contributed by atoms with Crippen LogP contribution in [0.4, 0.5) is 0 Å². The van der Waals surface area contributed by atoms with Crippen molar-refractivity contribution in [1.29, 1.82) is 0 Å². The summed E-state index contributed by atoms with van der Waals surface area (Å²) in [5, 5.41) is 27.0. The van der Waals surface area contributed by atoms with E-state index >= 15 is 0 Å². The highest BCUT2D eigenvalue weighted by Gasteiger charge is 2.22. The third kappa shape index (κ3) is 2.27. The molecule has 0 radical (unpaired) electrons. The second-order valence-electron chi connectivity index (χ2n) is 3.86. The van der Waals surface area contributed by atoms with Gasteiger partial charge in [0.15, 0.2) is 0 Å². The highest BCUT2D eigenvalue weighted by atomic mass is 16.3. The Hall–Kier alpha value is -1.92. The maximum Gasteiger partial charge on any atom is 0.220 e. The van der Waals surface area contributed by atoms with E-state index in [1.165, 1.54) is 0 Å². The molecule has 1 amide bonds. The number of para-hydroxylation sites is 1. The van der Waals surface area contributed by atoms with Gasteiger partial charge in [-0.05, 0) is 0 Å². The molecule has 1 heterocycles. The predicted molar refractivity (Wildman–Crippen MR) is 60.9 cm³/mol. The van der Waals surface area contributed by atoms with Gasteiger partial charge in [0.1, 0.15) is 6.10 Å². The number of primary amides is 1. The van der Waals surface area contributed by atoms with Gasteiger partial charge in [-0.2, -0.15) is 5.10 Å². The molecule has 0 aliphatic heterocycles. The van der Waals surface area contributed by atoms with E-state index in [1.807, 2.05) is 6.07 Å². The van der Waals surface area contributed by atoms with Crippen LogP contribution in [0.3, 0.4) is 0 Å². The summed E-state index contributed by atoms with van der Waals surface area (Å²) in [6, 6.07) is 5.23. The zero-order valence-corrected chi connectivity index (χ0v) is 9.00. The van der Waals surface area contributed by atoms with Crippen LogP contribution < -0.4 is 5.73 Å². The Bertz CT molecular complexity index is 537. The zero-order chi connectivity index (χ0) is 12.4. The molecule has 0 saturated carbocycles. The molecule has 6 heteroatoms. The van der Waals surface area contributed by atoms with Crippen molar-refractivity contribution in [3.8, 4) is 0 Å². The average molecular weight is 235 g/mol. The van der Waals surface area contributed by atoms with Crippen LogP contribution in [-0.2, 0) is 4.79 Å². The molecule has 2 aromatic rings. The van der Waals surface area contributed by atoms with E-state index in [4.69, 9.17) is 5.73 Å². The Kier molecular flexibility index (Phi) is 3.08. The number of aromatic nitrogens is 2. The fourth-order valence-electron chi connectivity index (χ4n) is 1.76. The van der Waals surface area contributed by atoms with Crippen LogP contribution in [-0.4, -0.2) is 32.4 Å². The minimum absolute atomic E-state index is 0.286. The second kappa shape index (κ2) is 4.52. The van der Waals surface area contributed by atoms with Crippen LogP contribution in [0.1, 0.15) is 18.1 Å². The lowest BCUT2D eigenvalue weighted by Gasteiger charge is -2.17. The number of amides is 1. The number of hydrogen-bond donors (Lipinski definition) is 4. The van der Waals surface area contributed by atoms with Gasteiger partial charge in [0, 0.05) is 10.9 Å². The van der Waals surface area contributed by atoms with Gasteiger partial charge in [-0.15, -0.1) is 0 Å². The first-order valence-electron chi connectivity index (χ1n) is 5.16. The maximum atomic E-state index is 10.7. The molecule has 17 heavy (non-hydrogen) atoms. The highest BCUT2D eigenvalue weighted by molar-refractivity contribution is 5.81. The molecule has 0 bridgehead atoms. The monoisotopic (exact) mass is 235 g/mol. The van der Waals surface area contributed by atoms with E-state index in [1.54, 1.807) is 18.3 Å². The third-order valence-electron chi connectivity index (χ3n) is 2.60. The Morgan fingerprint density at radius 3 is 2.94 bits per heavy atom. The molecule has 2 rings (SSSR count). The number of nitrogens with two attached hydrogens (primary N) is 1. The highest BCUT2D eigenvalue weighted by Crippen LogP contribution is 2.25. The summed E-state index contributed by atoms with van der Waals surface area (Å²) >= 11 is 0. The molecule has 6 nitrogen and oxygen atoms in total. The van der Waals surface area contributed by atoms with Crippen LogP contribution in [0.2, 0.25) is 0 Å². The fourth-order valence-corrected chi connectivity index (χ4v) is 1.76. The molecule has 2 atom stereocenters. The van der Waals surface area contributed by atoms with Crippen molar-refractivity contribution in [2.45, 2.75) is 18.6 Å². The normalized spacial score (nSPS) is 14.7. The van der Waals surface area contributed by atoms with Crippen molar-refractivity contribution in [3.63, 3.8) is 0 Å². The number of benzene rings is 1. The Morgan fingerprint density at radius 1 is 1.47 bits per heavy atom. The van der Waals surface area contributed by atoms with Gasteiger partial charge in [-0.3, -0.25) is 9.89 Å². The summed E-state index contributed by atoms with van der Waals surface area (Å²) in [5.41, 5.74) is 6.11. The first kappa shape index (κ1) is 11.6. The fraction of sp³-hybridized carbons (Fsp3) is 0.273. The van der Waals surface area contributed by atoms with Crippen molar-refractivity contribution >= 4 is 16.8 Å². The van der Waals surface area contributed by atoms with Gasteiger partial charge in [0.2, 0.25) is 5.91 Å². The molecule has 0 spiro atoms. The van der Waals surface area contributed by atoms with Crippen molar-refractivity contribution < 1.29 is 15.0 Å². The van der Waals surface area contributed by atoms with Crippen molar-refractivity contribution in [3.05, 3.63) is 30.0 Å². The molecule has 2 unspecified atom stereocenters. The summed E-state index contributed by atoms with van der Waals surface area (Å²) in [4.78, 5) is 10.7. The van der Waals surface area contributed by atoms with E-state index < -0.39 is 18.1 Å². The largest absolute Gasteiger partial charge is 0.390 e. The predicted octanol–water partition coefficient (Wildman–Crippen LogP) is -0.167. The quantitative estimate of drug-likeness (QED) is 0.589. The van der Waals surface area contributed by atoms with Crippen LogP contribution in [0.5, 0.6) is 0 Å². The van der Waals surface area contributed by atoms with Crippen molar-refractivity contribution in [2.75, 3.05) is 0 Å². The van der Waals surface area contributed by atoms with E-state index in [0.29, 0.717) is 11.1 Å². The van der Waals surface area contributed by atoms with Gasteiger partial charge in [0.05, 0.1) is 24.2 Å². The number of nitrogens with one attached hydrogen (secondary N) is 1. The number of nitrogens with zero attached hydrogens (tertiary/aromatic N) is 1. The summed E-state index contributed by atoms with van der Waals surface area (Å²) in [6.07, 6.45) is -1.06. The van der Waals surface area contributed by atoms with Crippen molar-refractivity contribution in [2.24, 2.45) is 5.73 Å². The van der Waals surface area contributed by atoms with E-state index in [9.17, 15) is 15.0 Å². The van der Waals surface area contributed by atoms with Crippen LogP contribution in [0.15, 0.2) is 24.4 Å². The lowest BCUT2D eigenvalue weighted by Crippen LogP contribution is -2.25. The lowest BCUT2D eigenvalue weighted by atomic mass is 10.00. The third-order valence-corrected chi connectivity index (χ3v) is 2.60. The lowest BCUT2D eigenvalue weighted by molar-refractivity contribution is -0.121. The molecule has 0 aliphatic carbocycles. The van der Waals surface area contributed by atoms with Gasteiger partial charge in [0.25, 0.3) is 0 Å². The summed E-state index contributed by atoms with van der Waals surface area (Å²) in [7, 11) is 0. The first-order valence-corrected chi connectivity index (χ1v) is 5.16. The second-order valence-corrected chi connectivity index (χ2v) is 3.86. The van der Waals surface area contributed by atoms with E-state index in [2.05, 4.69) is 10.2 Å². The number of carbonyl (C=O) groups excluding carboxylic acids is 1. The Morgan fingerprint density at radius 2 is 2.24 bits per heavy atom. The van der Waals surface area contributed by atoms with Crippen LogP contribution in [0.25, 0.3) is 10.9 Å². The Balaban J connectivity index is 2.32. The number of hydrogen-bond acceptors (Lipinski definition) is 4. The molecular weight excluding hydrogens is 222 g/mol. The van der Waals surface area contributed by atoms with Crippen molar-refractivity contribution in [1.82, 2.24) is 10.2 Å². The molecule has 0 fully saturated rings. The SMILES string of the molecule is NC(=O)CC(O)C(O)c1cccc2cn[nH]c12. The minimum atomic E-state index is -1.22. The number of aliphatic hydroxyl groups excluding tert-OH is 2. The summed E-state index contributed by atoms with van der Waals surface area (Å²) in [5.74, 6) is -0.659. The number of aliphatic hydroxyl groups is 2. The summed E-state index contributed by atoms with van der Waals surface area (Å²) in [6.45, 7) is 0. The zero-order valence-electron chi connectivity index (χ0n) is 9.00. The molecule has 0 saturated heterocycles. The average Bonchev–Trinajstić information content (AvgIpc) is 2.74. The molecule has 1 aromatic carbocycles. The van der Waals surface area contributed by atoms with Gasteiger partial charge in [-0.1, -0.05) is 18.2 Å². The minimum Gasteiger partial charge on any atom is -0.390 e. The maximum absolute atomic E-state index is 10.7. The number of aromatic amines is 1. The van der Waals surface area contributed by atoms with Crippen LogP contribution in [0, 0.1) is 0 Å². The van der Waals surface area contributed by atoms with Gasteiger partial charge < -0.3 is 15.9 Å². The van der Waals surface area contributed by atoms with Gasteiger partial charge >= 0.3 is 0 Å². The standard InChI is InChI=1S/C11H13N3O3/c12-9(16)4-8(15)11(17)7-3-1-2-6-5-13-14-10(6)7/h1-3,5,8,11,15,17H,4H2,(H2,12,16)(H,13,14). The molecule has 90 valence electrons. The van der Waals surface area contributed by atoms with Gasteiger partial charge in [-0.25, -0.2) is 0 Å². The number of H-pyrrole nitrogens is 1. The Labute approximate surface area is 97.1 Å².